The molecule has 4 nitrogen and oxygen atoms in total. The fraction of sp³-hybridized carbons (Fsp3) is 0.357. The Bertz CT molecular complexity index is 557. The summed E-state index contributed by atoms with van der Waals surface area (Å²) in [6.07, 6.45) is 1.75. The Hall–Kier alpha value is -1.81. The topological polar surface area (TPSA) is 70.9 Å². The van der Waals surface area contributed by atoms with E-state index < -0.39 is 0 Å². The van der Waals surface area contributed by atoms with E-state index in [1.54, 1.807) is 6.20 Å². The van der Waals surface area contributed by atoms with Gasteiger partial charge in [-0.25, -0.2) is 0 Å². The number of nitrogens with one attached hydrogen (secondary N) is 2. The SMILES string of the molecule is CC(C)(CN)CNC(=O)c1c[nH]c2ccccc12. The second-order valence-electron chi connectivity index (χ2n) is 5.30. The van der Waals surface area contributed by atoms with E-state index in [0.29, 0.717) is 18.7 Å². The number of nitrogens with two attached hydrogens (primary N) is 1. The predicted octanol–water partition coefficient (Wildman–Crippen LogP) is 1.88. The molecule has 1 heterocycles. The van der Waals surface area contributed by atoms with E-state index >= 15 is 0 Å². The molecule has 0 aliphatic carbocycles. The third-order valence-electron chi connectivity index (χ3n) is 3.11. The Morgan fingerprint density at radius 3 is 2.83 bits per heavy atom. The van der Waals surface area contributed by atoms with Crippen LogP contribution in [0.5, 0.6) is 0 Å². The van der Waals surface area contributed by atoms with E-state index in [1.807, 2.05) is 38.1 Å². The number of amides is 1. The summed E-state index contributed by atoms with van der Waals surface area (Å²) in [5, 5.41) is 3.87. The van der Waals surface area contributed by atoms with Crippen molar-refractivity contribution in [1.82, 2.24) is 10.3 Å². The van der Waals surface area contributed by atoms with Crippen LogP contribution in [-0.2, 0) is 0 Å². The number of para-hydroxylation sites is 1. The monoisotopic (exact) mass is 245 g/mol. The van der Waals surface area contributed by atoms with Gasteiger partial charge in [0.15, 0.2) is 0 Å². The van der Waals surface area contributed by atoms with Gasteiger partial charge in [0.25, 0.3) is 5.91 Å². The third-order valence-corrected chi connectivity index (χ3v) is 3.11. The van der Waals surface area contributed by atoms with Crippen molar-refractivity contribution in [2.45, 2.75) is 13.8 Å². The summed E-state index contributed by atoms with van der Waals surface area (Å²) < 4.78 is 0. The average molecular weight is 245 g/mol. The summed E-state index contributed by atoms with van der Waals surface area (Å²) in [6, 6.07) is 7.76. The van der Waals surface area contributed by atoms with E-state index in [0.717, 1.165) is 10.9 Å². The Morgan fingerprint density at radius 1 is 1.39 bits per heavy atom. The Morgan fingerprint density at radius 2 is 2.11 bits per heavy atom. The first-order valence-electron chi connectivity index (χ1n) is 6.08. The van der Waals surface area contributed by atoms with Crippen LogP contribution in [0, 0.1) is 5.41 Å². The molecule has 0 radical (unpaired) electrons. The highest BCUT2D eigenvalue weighted by molar-refractivity contribution is 6.06. The molecular weight excluding hydrogens is 226 g/mol. The van der Waals surface area contributed by atoms with Crippen LogP contribution in [0.2, 0.25) is 0 Å². The summed E-state index contributed by atoms with van der Waals surface area (Å²) in [5.41, 5.74) is 7.21. The number of carbonyl (C=O) groups is 1. The molecule has 0 saturated heterocycles. The van der Waals surface area contributed by atoms with Crippen molar-refractivity contribution >= 4 is 16.8 Å². The van der Waals surface area contributed by atoms with Crippen molar-refractivity contribution in [3.63, 3.8) is 0 Å². The minimum Gasteiger partial charge on any atom is -0.360 e. The quantitative estimate of drug-likeness (QED) is 0.769. The van der Waals surface area contributed by atoms with Crippen LogP contribution in [0.15, 0.2) is 30.5 Å². The molecule has 18 heavy (non-hydrogen) atoms. The van der Waals surface area contributed by atoms with Gasteiger partial charge >= 0.3 is 0 Å². The number of carbonyl (C=O) groups excluding carboxylic acids is 1. The Kier molecular flexibility index (Phi) is 3.39. The summed E-state index contributed by atoms with van der Waals surface area (Å²) in [7, 11) is 0. The molecule has 4 heteroatoms. The maximum atomic E-state index is 12.1. The lowest BCUT2D eigenvalue weighted by Crippen LogP contribution is -2.38. The number of aromatic amines is 1. The summed E-state index contributed by atoms with van der Waals surface area (Å²) in [4.78, 5) is 15.2. The summed E-state index contributed by atoms with van der Waals surface area (Å²) in [6.45, 7) is 5.17. The average Bonchev–Trinajstić information content (AvgIpc) is 2.80. The second kappa shape index (κ2) is 4.82. The van der Waals surface area contributed by atoms with Gasteiger partial charge in [-0.2, -0.15) is 0 Å². The Balaban J connectivity index is 2.14. The minimum absolute atomic E-state index is 0.0611. The van der Waals surface area contributed by atoms with Gasteiger partial charge < -0.3 is 16.0 Å². The van der Waals surface area contributed by atoms with E-state index in [9.17, 15) is 4.79 Å². The molecule has 0 aliphatic rings. The molecular formula is C14H19N3O. The van der Waals surface area contributed by atoms with Crippen molar-refractivity contribution < 1.29 is 4.79 Å². The third kappa shape index (κ3) is 2.54. The van der Waals surface area contributed by atoms with E-state index in [2.05, 4.69) is 10.3 Å². The van der Waals surface area contributed by atoms with Crippen molar-refractivity contribution in [2.75, 3.05) is 13.1 Å². The molecule has 0 fully saturated rings. The van der Waals surface area contributed by atoms with Gasteiger partial charge in [-0.15, -0.1) is 0 Å². The lowest BCUT2D eigenvalue weighted by Gasteiger charge is -2.22. The van der Waals surface area contributed by atoms with Crippen LogP contribution >= 0.6 is 0 Å². The first-order chi connectivity index (χ1) is 8.53. The van der Waals surface area contributed by atoms with Crippen molar-refractivity contribution in [3.05, 3.63) is 36.0 Å². The van der Waals surface area contributed by atoms with Crippen LogP contribution < -0.4 is 11.1 Å². The van der Waals surface area contributed by atoms with Crippen LogP contribution in [0.1, 0.15) is 24.2 Å². The number of aromatic nitrogens is 1. The molecule has 1 aromatic carbocycles. The lowest BCUT2D eigenvalue weighted by atomic mass is 9.94. The molecule has 0 bridgehead atoms. The standard InChI is InChI=1S/C14H19N3O/c1-14(2,8-15)9-17-13(18)11-7-16-12-6-4-3-5-10(11)12/h3-7,16H,8-9,15H2,1-2H3,(H,17,18). The number of hydrogen-bond acceptors (Lipinski definition) is 2. The maximum absolute atomic E-state index is 12.1. The molecule has 0 saturated carbocycles. The van der Waals surface area contributed by atoms with E-state index in [1.165, 1.54) is 0 Å². The van der Waals surface area contributed by atoms with Crippen LogP contribution in [-0.4, -0.2) is 24.0 Å². The number of rotatable bonds is 4. The van der Waals surface area contributed by atoms with Crippen molar-refractivity contribution in [2.24, 2.45) is 11.1 Å². The molecule has 2 rings (SSSR count). The second-order valence-corrected chi connectivity index (χ2v) is 5.30. The molecule has 0 aliphatic heterocycles. The number of hydrogen-bond donors (Lipinski definition) is 3. The zero-order chi connectivity index (χ0) is 13.2. The van der Waals surface area contributed by atoms with Crippen LogP contribution in [0.3, 0.4) is 0 Å². The Labute approximate surface area is 107 Å². The number of H-pyrrole nitrogens is 1. The smallest absolute Gasteiger partial charge is 0.253 e. The first kappa shape index (κ1) is 12.6. The zero-order valence-electron chi connectivity index (χ0n) is 10.8. The van der Waals surface area contributed by atoms with Crippen molar-refractivity contribution in [1.29, 1.82) is 0 Å². The van der Waals surface area contributed by atoms with E-state index in [4.69, 9.17) is 5.73 Å². The van der Waals surface area contributed by atoms with Gasteiger partial charge in [-0.1, -0.05) is 32.0 Å². The van der Waals surface area contributed by atoms with Gasteiger partial charge in [-0.3, -0.25) is 4.79 Å². The molecule has 0 atom stereocenters. The van der Waals surface area contributed by atoms with Gasteiger partial charge in [0.2, 0.25) is 0 Å². The first-order valence-corrected chi connectivity index (χ1v) is 6.08. The zero-order valence-corrected chi connectivity index (χ0v) is 10.8. The highest BCUT2D eigenvalue weighted by Crippen LogP contribution is 2.18. The van der Waals surface area contributed by atoms with Gasteiger partial charge in [-0.05, 0) is 18.0 Å². The fourth-order valence-corrected chi connectivity index (χ4v) is 1.75. The van der Waals surface area contributed by atoms with E-state index in [-0.39, 0.29) is 11.3 Å². The van der Waals surface area contributed by atoms with Crippen LogP contribution in [0.4, 0.5) is 0 Å². The highest BCUT2D eigenvalue weighted by atomic mass is 16.1. The minimum atomic E-state index is -0.0816. The van der Waals surface area contributed by atoms with Gasteiger partial charge in [0.1, 0.15) is 0 Å². The van der Waals surface area contributed by atoms with Gasteiger partial charge in [0.05, 0.1) is 5.56 Å². The van der Waals surface area contributed by atoms with Crippen molar-refractivity contribution in [3.8, 4) is 0 Å². The predicted molar refractivity (Wildman–Crippen MR) is 73.5 cm³/mol. The molecule has 1 aromatic heterocycles. The van der Waals surface area contributed by atoms with Crippen LogP contribution in [0.25, 0.3) is 10.9 Å². The molecule has 4 N–H and O–H groups in total. The maximum Gasteiger partial charge on any atom is 0.253 e. The summed E-state index contributed by atoms with van der Waals surface area (Å²) >= 11 is 0. The molecule has 0 spiro atoms. The lowest BCUT2D eigenvalue weighted by molar-refractivity contribution is 0.0939. The molecule has 96 valence electrons. The normalized spacial score (nSPS) is 11.7. The molecule has 1 amide bonds. The fourth-order valence-electron chi connectivity index (χ4n) is 1.75. The number of benzene rings is 1. The summed E-state index contributed by atoms with van der Waals surface area (Å²) in [5.74, 6) is -0.0611. The number of fused-ring (bicyclic) bond motifs is 1. The largest absolute Gasteiger partial charge is 0.360 e. The molecule has 0 unspecified atom stereocenters. The molecule has 2 aromatic rings. The van der Waals surface area contributed by atoms with Gasteiger partial charge in [0, 0.05) is 23.6 Å². The highest BCUT2D eigenvalue weighted by Gasteiger charge is 2.18.